The molecule has 25 atom stereocenters. The summed E-state index contributed by atoms with van der Waals surface area (Å²) in [5.41, 5.74) is 10.1. The molecule has 4 aromatic rings. The third-order valence-corrected chi connectivity index (χ3v) is 16.6. The number of methoxy groups -OCH3 is 2. The molecule has 94 heavy (non-hydrogen) atoms. The monoisotopic (exact) mass is 1310 g/mol. The average Bonchev–Trinajstić information content (AvgIpc) is 0.875. The zero-order chi connectivity index (χ0) is 66.5. The fourth-order valence-electron chi connectivity index (χ4n) is 11.6. The minimum absolute atomic E-state index is 0.609. The Balaban J connectivity index is 0.947. The molecule has 5 fully saturated rings. The smallest absolute Gasteiger partial charge is 0.183 e. The Bertz CT molecular complexity index is 3120. The molecule has 5 aliphatic rings. The molecule has 508 valence electrons. The minimum atomic E-state index is -1.80. The fraction of sp³-hybridized carbons (Fsp3) is 0.471. The van der Waals surface area contributed by atoms with Gasteiger partial charge in [-0.05, 0) is 46.6 Å². The lowest BCUT2D eigenvalue weighted by atomic mass is 9.93. The van der Waals surface area contributed by atoms with E-state index >= 15 is 0 Å². The molecular weight excluding hydrogens is 1220 g/mol. The summed E-state index contributed by atoms with van der Waals surface area (Å²) in [4.78, 5) is 18.3. The largest absolute Gasteiger partial charge is 0.394 e. The van der Waals surface area contributed by atoms with Crippen LogP contribution in [0.4, 0.5) is 0 Å². The van der Waals surface area contributed by atoms with Crippen molar-refractivity contribution in [2.24, 2.45) is 25.7 Å². The van der Waals surface area contributed by atoms with Crippen molar-refractivity contribution in [3.05, 3.63) is 168 Å². The van der Waals surface area contributed by atoms with Gasteiger partial charge in [-0.2, -0.15) is 0 Å². The van der Waals surface area contributed by atoms with E-state index in [0.29, 0.717) is 0 Å². The van der Waals surface area contributed by atoms with E-state index in [-0.39, 0.29) is 0 Å². The SMILES string of the molecule is COC1OC(CO)C(OC2OC(CO)C(OC3OC(CO)C(OC4OC(CO)C(OC5OC(CO)C(OC)C(O)C5N=CC=Cc5ccccc5)C(O)C4N=CC=Cc4ccccc4)C(O)C3N)C(O)C2N=CC=Cc2ccccc2)C(O)C1N=CC=Cc1ccccc1. The van der Waals surface area contributed by atoms with E-state index in [2.05, 4.69) is 20.0 Å². The van der Waals surface area contributed by atoms with Crippen LogP contribution >= 0.6 is 0 Å². The first kappa shape index (κ1) is 71.9. The van der Waals surface area contributed by atoms with Crippen molar-refractivity contribution in [3.63, 3.8) is 0 Å². The number of hydrogen-bond donors (Lipinski definition) is 11. The summed E-state index contributed by atoms with van der Waals surface area (Å²) in [6.45, 7) is -3.77. The number of nitrogens with zero attached hydrogens (tertiary/aromatic N) is 4. The summed E-state index contributed by atoms with van der Waals surface area (Å²) in [5.74, 6) is 0. The topological polar surface area (TPSA) is 379 Å². The lowest BCUT2D eigenvalue weighted by Gasteiger charge is -2.50. The number of aliphatic hydroxyl groups is 10. The van der Waals surface area contributed by atoms with Gasteiger partial charge in [0.2, 0.25) is 0 Å². The van der Waals surface area contributed by atoms with Crippen LogP contribution in [0.2, 0.25) is 0 Å². The Morgan fingerprint density at radius 1 is 0.340 bits per heavy atom. The molecule has 5 heterocycles. The van der Waals surface area contributed by atoms with Crippen LogP contribution in [0, 0.1) is 0 Å². The van der Waals surface area contributed by atoms with Gasteiger partial charge in [0.25, 0.3) is 0 Å². The van der Waals surface area contributed by atoms with E-state index in [0.717, 1.165) is 22.3 Å². The molecule has 26 heteroatoms. The van der Waals surface area contributed by atoms with Crippen LogP contribution in [-0.4, -0.2) is 276 Å². The second-order valence-corrected chi connectivity index (χ2v) is 22.7. The van der Waals surface area contributed by atoms with Crippen LogP contribution in [0.15, 0.2) is 166 Å². The Morgan fingerprint density at radius 3 is 0.872 bits per heavy atom. The van der Waals surface area contributed by atoms with Gasteiger partial charge in [0, 0.05) is 39.1 Å². The number of allylic oxidation sites excluding steroid dienone is 4. The summed E-state index contributed by atoms with van der Waals surface area (Å²) < 4.78 is 67.9. The highest BCUT2D eigenvalue weighted by Gasteiger charge is 2.57. The Morgan fingerprint density at radius 2 is 0.585 bits per heavy atom. The molecule has 9 rings (SSSR count). The third-order valence-electron chi connectivity index (χ3n) is 16.6. The van der Waals surface area contributed by atoms with Crippen molar-refractivity contribution in [1.29, 1.82) is 0 Å². The average molecular weight is 1310 g/mol. The lowest BCUT2D eigenvalue weighted by Crippen LogP contribution is -2.69. The van der Waals surface area contributed by atoms with E-state index < -0.39 is 186 Å². The molecule has 5 aliphatic heterocycles. The van der Waals surface area contributed by atoms with E-state index in [1.165, 1.54) is 39.1 Å². The van der Waals surface area contributed by atoms with E-state index in [1.54, 1.807) is 48.6 Å². The molecule has 5 saturated heterocycles. The zero-order valence-electron chi connectivity index (χ0n) is 51.8. The predicted octanol–water partition coefficient (Wildman–Crippen LogP) is 0.518. The molecule has 0 amide bonds. The Labute approximate surface area is 544 Å². The summed E-state index contributed by atoms with van der Waals surface area (Å²) in [6, 6.07) is 30.5. The highest BCUT2D eigenvalue weighted by Crippen LogP contribution is 2.38. The maximum atomic E-state index is 12.4. The van der Waals surface area contributed by atoms with Gasteiger partial charge < -0.3 is 109 Å². The maximum Gasteiger partial charge on any atom is 0.183 e. The van der Waals surface area contributed by atoms with Crippen LogP contribution in [0.1, 0.15) is 22.3 Å². The first-order valence-corrected chi connectivity index (χ1v) is 31.0. The Kier molecular flexibility index (Phi) is 27.6. The number of hydrogen-bond acceptors (Lipinski definition) is 26. The molecule has 25 unspecified atom stereocenters. The number of benzene rings is 4. The highest BCUT2D eigenvalue weighted by molar-refractivity contribution is 5.80. The number of aliphatic imine (C=N–C) groups is 4. The van der Waals surface area contributed by atoms with Crippen molar-refractivity contribution in [1.82, 2.24) is 0 Å². The number of ether oxygens (including phenoxy) is 11. The summed E-state index contributed by atoms with van der Waals surface area (Å²) in [5, 5.41) is 115. The van der Waals surface area contributed by atoms with Gasteiger partial charge >= 0.3 is 0 Å². The molecule has 0 bridgehead atoms. The van der Waals surface area contributed by atoms with E-state index in [9.17, 15) is 51.1 Å². The van der Waals surface area contributed by atoms with Crippen molar-refractivity contribution >= 4 is 49.2 Å². The Hall–Kier alpha value is -6.36. The molecule has 0 spiro atoms. The first-order chi connectivity index (χ1) is 45.8. The van der Waals surface area contributed by atoms with E-state index in [1.807, 2.05) is 121 Å². The van der Waals surface area contributed by atoms with Crippen molar-refractivity contribution in [2.45, 2.75) is 153 Å². The van der Waals surface area contributed by atoms with Gasteiger partial charge in [-0.1, -0.05) is 146 Å². The second-order valence-electron chi connectivity index (χ2n) is 22.7. The van der Waals surface area contributed by atoms with Crippen LogP contribution in [0.25, 0.3) is 24.3 Å². The molecule has 0 radical (unpaired) electrons. The quantitative estimate of drug-likeness (QED) is 0.0363. The van der Waals surface area contributed by atoms with Crippen molar-refractivity contribution in [3.8, 4) is 0 Å². The van der Waals surface area contributed by atoms with Gasteiger partial charge in [-0.25, -0.2) is 0 Å². The molecule has 26 nitrogen and oxygen atoms in total. The molecule has 0 saturated carbocycles. The fourth-order valence-corrected chi connectivity index (χ4v) is 11.6. The molecule has 0 aromatic heterocycles. The van der Waals surface area contributed by atoms with Gasteiger partial charge in [0.15, 0.2) is 31.5 Å². The normalized spacial score (nSPS) is 37.0. The van der Waals surface area contributed by atoms with Crippen LogP contribution < -0.4 is 5.73 Å². The van der Waals surface area contributed by atoms with E-state index in [4.69, 9.17) is 57.8 Å². The minimum Gasteiger partial charge on any atom is -0.394 e. The number of nitrogens with two attached hydrogens (primary N) is 1. The number of aliphatic hydroxyl groups excluding tert-OH is 10. The molecule has 0 aliphatic carbocycles. The lowest BCUT2D eigenvalue weighted by molar-refractivity contribution is -0.364. The van der Waals surface area contributed by atoms with Crippen LogP contribution in [0.3, 0.4) is 0 Å². The van der Waals surface area contributed by atoms with Gasteiger partial charge in [-0.15, -0.1) is 0 Å². The van der Waals surface area contributed by atoms with Crippen LogP contribution in [0.5, 0.6) is 0 Å². The van der Waals surface area contributed by atoms with Crippen LogP contribution in [-0.2, 0) is 52.1 Å². The predicted molar refractivity (Wildman–Crippen MR) is 345 cm³/mol. The van der Waals surface area contributed by atoms with Crippen molar-refractivity contribution in [2.75, 3.05) is 47.3 Å². The summed E-state index contributed by atoms with van der Waals surface area (Å²) in [6.07, 6.45) is -10.5. The van der Waals surface area contributed by atoms with Crippen molar-refractivity contribution < 1.29 is 103 Å². The van der Waals surface area contributed by atoms with Gasteiger partial charge in [0.1, 0.15) is 116 Å². The summed E-state index contributed by atoms with van der Waals surface area (Å²) >= 11 is 0. The zero-order valence-corrected chi connectivity index (χ0v) is 51.8. The first-order valence-electron chi connectivity index (χ1n) is 31.0. The number of rotatable bonds is 27. The van der Waals surface area contributed by atoms with Gasteiger partial charge in [0.05, 0.1) is 39.1 Å². The standard InChI is InChI=1S/C68H85N5O21/c1-84-59-44(35-74)88-66(51(55(59)80)71-32-16-28-41-21-9-4-10-22-41)94-63-48(39-78)90-67(53(58(63)83)73-34-18-30-43-25-13-6-14-26-43)92-60-45(36-75)86-64(49(69)54(60)79)91-61-47(38-77)89-68(52(57(61)82)72-33-17-29-42-23-11-5-12-24-42)93-62-46(37-76)87-65(85-2)50(56(62)81)70-31-15-27-40-19-7-3-8-20-40/h3-34,44-68,74-83H,35-39,69H2,1-2H3. The molecular formula is C68H85N5O21. The summed E-state index contributed by atoms with van der Waals surface area (Å²) in [7, 11) is 2.69. The maximum absolute atomic E-state index is 12.4. The third kappa shape index (κ3) is 18.2. The molecule has 4 aromatic carbocycles. The van der Waals surface area contributed by atoms with Gasteiger partial charge in [-0.3, -0.25) is 20.0 Å². The second kappa shape index (κ2) is 36.1. The highest BCUT2D eigenvalue weighted by atomic mass is 16.8. The molecule has 12 N–H and O–H groups in total.